The number of hydrogen-bond acceptors (Lipinski definition) is 8. The Balaban J connectivity index is 2.25. The second-order valence-electron chi connectivity index (χ2n) is 7.25. The molecule has 1 atom stereocenters. The molecule has 1 aliphatic rings. The fourth-order valence-corrected chi connectivity index (χ4v) is 4.62. The summed E-state index contributed by atoms with van der Waals surface area (Å²) >= 11 is 1.38. The number of rotatable bonds is 9. The number of dihydropyridines is 1. The highest BCUT2D eigenvalue weighted by Gasteiger charge is 2.37. The van der Waals surface area contributed by atoms with Gasteiger partial charge in [-0.15, -0.1) is 11.8 Å². The van der Waals surface area contributed by atoms with Gasteiger partial charge in [0.05, 0.1) is 51.5 Å². The summed E-state index contributed by atoms with van der Waals surface area (Å²) < 4.78 is 5.36. The number of non-ortho nitro benzene ring substituents is 1. The zero-order valence-electron chi connectivity index (χ0n) is 18.5. The molecule has 0 amide bonds. The molecule has 3 rings (SSSR count). The van der Waals surface area contributed by atoms with E-state index in [-0.39, 0.29) is 23.4 Å². The summed E-state index contributed by atoms with van der Waals surface area (Å²) in [7, 11) is 0. The molecule has 34 heavy (non-hydrogen) atoms. The molecule has 0 fully saturated rings. The Kier molecular flexibility index (Phi) is 8.44. The van der Waals surface area contributed by atoms with Crippen LogP contribution in [0, 0.1) is 32.8 Å². The lowest BCUT2D eigenvalue weighted by Gasteiger charge is -2.30. The van der Waals surface area contributed by atoms with Crippen LogP contribution < -0.4 is 5.32 Å². The number of hydrogen-bond donors (Lipinski definition) is 1. The third-order valence-corrected chi connectivity index (χ3v) is 6.21. The van der Waals surface area contributed by atoms with Crippen LogP contribution in [-0.2, 0) is 9.53 Å². The first kappa shape index (κ1) is 24.6. The minimum absolute atomic E-state index is 0.132. The van der Waals surface area contributed by atoms with Gasteiger partial charge in [-0.2, -0.15) is 10.5 Å². The predicted octanol–water partition coefficient (Wildman–Crippen LogP) is 5.03. The number of esters is 1. The van der Waals surface area contributed by atoms with Gasteiger partial charge in [0.15, 0.2) is 0 Å². The summed E-state index contributed by atoms with van der Waals surface area (Å²) in [5, 5.41) is 34.2. The number of benzene rings is 2. The Bertz CT molecular complexity index is 1230. The summed E-state index contributed by atoms with van der Waals surface area (Å²) in [5.74, 6) is -0.884. The van der Waals surface area contributed by atoms with E-state index < -0.39 is 16.8 Å². The quantitative estimate of drug-likeness (QED) is 0.232. The van der Waals surface area contributed by atoms with Gasteiger partial charge in [-0.1, -0.05) is 42.5 Å². The largest absolute Gasteiger partial charge is 0.463 e. The number of nitriles is 2. The van der Waals surface area contributed by atoms with E-state index >= 15 is 0 Å². The Morgan fingerprint density at radius 1 is 1.21 bits per heavy atom. The molecule has 1 N–H and O–H groups in total. The fraction of sp³-hybridized carbons (Fsp3) is 0.240. The number of unbranched alkanes of at least 4 members (excludes halogenated alkanes) is 1. The normalized spacial score (nSPS) is 15.2. The second-order valence-corrected chi connectivity index (χ2v) is 8.36. The van der Waals surface area contributed by atoms with Crippen molar-refractivity contribution < 1.29 is 14.5 Å². The van der Waals surface area contributed by atoms with Crippen LogP contribution in [0.4, 0.5) is 5.69 Å². The van der Waals surface area contributed by atoms with Crippen LogP contribution in [0.15, 0.2) is 70.8 Å². The second kappa shape index (κ2) is 11.7. The molecule has 2 aromatic rings. The standard InChI is InChI=1S/C25H22N4O4S/c1-2-33-25(30)22-21(18-11-8-12-19(15-18)29(31)32)20(16-27)24(34-14-7-6-13-26)28-23(22)17-9-4-3-5-10-17/h3-5,8-12,15,21,28H,2,6-7,14H2,1H3/t21-/m1/s1. The highest BCUT2D eigenvalue weighted by Crippen LogP contribution is 2.44. The number of nitro groups is 1. The molecule has 0 saturated heterocycles. The molecular formula is C25H22N4O4S. The first-order valence-corrected chi connectivity index (χ1v) is 11.6. The lowest BCUT2D eigenvalue weighted by Crippen LogP contribution is -2.29. The van der Waals surface area contributed by atoms with E-state index in [0.29, 0.717) is 40.4 Å². The molecule has 0 unspecified atom stereocenters. The van der Waals surface area contributed by atoms with Crippen molar-refractivity contribution in [2.45, 2.75) is 25.7 Å². The van der Waals surface area contributed by atoms with E-state index in [4.69, 9.17) is 10.00 Å². The Hall–Kier alpha value is -4.08. The van der Waals surface area contributed by atoms with Crippen molar-refractivity contribution in [3.8, 4) is 12.1 Å². The highest BCUT2D eigenvalue weighted by atomic mass is 32.2. The summed E-state index contributed by atoms with van der Waals surface area (Å²) in [4.78, 5) is 24.2. The van der Waals surface area contributed by atoms with Crippen molar-refractivity contribution in [3.63, 3.8) is 0 Å². The molecule has 1 aliphatic heterocycles. The predicted molar refractivity (Wildman–Crippen MR) is 129 cm³/mol. The molecule has 0 saturated carbocycles. The lowest BCUT2D eigenvalue weighted by molar-refractivity contribution is -0.384. The molecule has 0 bridgehead atoms. The molecule has 2 aromatic carbocycles. The van der Waals surface area contributed by atoms with Crippen LogP contribution in [0.25, 0.3) is 5.70 Å². The number of carbonyl (C=O) groups excluding carboxylic acids is 1. The molecule has 8 nitrogen and oxygen atoms in total. The fourth-order valence-electron chi connectivity index (χ4n) is 3.64. The van der Waals surface area contributed by atoms with Crippen molar-refractivity contribution in [2.24, 2.45) is 0 Å². The summed E-state index contributed by atoms with van der Waals surface area (Å²) in [5.41, 5.74) is 1.99. The van der Waals surface area contributed by atoms with Crippen molar-refractivity contribution >= 4 is 29.1 Å². The van der Waals surface area contributed by atoms with E-state index in [9.17, 15) is 20.2 Å². The molecule has 1 heterocycles. The topological polar surface area (TPSA) is 129 Å². The van der Waals surface area contributed by atoms with E-state index in [1.54, 1.807) is 13.0 Å². The summed E-state index contributed by atoms with van der Waals surface area (Å²) in [6, 6.07) is 19.4. The highest BCUT2D eigenvalue weighted by molar-refractivity contribution is 8.03. The number of allylic oxidation sites excluding steroid dienone is 1. The van der Waals surface area contributed by atoms with Gasteiger partial charge in [0.2, 0.25) is 0 Å². The van der Waals surface area contributed by atoms with Crippen molar-refractivity contribution in [2.75, 3.05) is 12.4 Å². The first-order chi connectivity index (χ1) is 16.5. The third kappa shape index (κ3) is 5.45. The van der Waals surface area contributed by atoms with Crippen LogP contribution in [0.1, 0.15) is 36.8 Å². The van der Waals surface area contributed by atoms with Gasteiger partial charge in [-0.25, -0.2) is 4.79 Å². The maximum atomic E-state index is 13.2. The average molecular weight is 475 g/mol. The number of nitro benzene ring substituents is 1. The average Bonchev–Trinajstić information content (AvgIpc) is 2.86. The van der Waals surface area contributed by atoms with Crippen LogP contribution in [0.3, 0.4) is 0 Å². The van der Waals surface area contributed by atoms with Gasteiger partial charge in [0, 0.05) is 24.3 Å². The zero-order chi connectivity index (χ0) is 24.5. The van der Waals surface area contributed by atoms with Crippen LogP contribution in [0.5, 0.6) is 0 Å². The van der Waals surface area contributed by atoms with Gasteiger partial charge < -0.3 is 10.1 Å². The molecule has 0 aliphatic carbocycles. The van der Waals surface area contributed by atoms with Crippen molar-refractivity contribution in [1.29, 1.82) is 10.5 Å². The molecule has 0 spiro atoms. The molecule has 0 radical (unpaired) electrons. The number of ether oxygens (including phenoxy) is 1. The third-order valence-electron chi connectivity index (χ3n) is 5.10. The number of carbonyl (C=O) groups is 1. The first-order valence-electron chi connectivity index (χ1n) is 10.6. The Morgan fingerprint density at radius 3 is 2.62 bits per heavy atom. The maximum absolute atomic E-state index is 13.2. The SMILES string of the molecule is CCOC(=O)C1=C(c2ccccc2)NC(SCCCC#N)=C(C#N)[C@H]1c1cccc([N+](=O)[O-])c1. The number of nitrogens with zero attached hydrogens (tertiary/aromatic N) is 3. The van der Waals surface area contributed by atoms with Crippen LogP contribution in [-0.4, -0.2) is 23.3 Å². The van der Waals surface area contributed by atoms with E-state index in [1.165, 1.54) is 30.0 Å². The van der Waals surface area contributed by atoms with Crippen LogP contribution in [0.2, 0.25) is 0 Å². The number of thioether (sulfide) groups is 1. The smallest absolute Gasteiger partial charge is 0.337 e. The van der Waals surface area contributed by atoms with Crippen molar-refractivity contribution in [1.82, 2.24) is 5.32 Å². The van der Waals surface area contributed by atoms with Gasteiger partial charge in [0.1, 0.15) is 0 Å². The molecule has 9 heteroatoms. The Labute approximate surface area is 201 Å². The van der Waals surface area contributed by atoms with Gasteiger partial charge in [-0.05, 0) is 24.5 Å². The van der Waals surface area contributed by atoms with Gasteiger partial charge in [0.25, 0.3) is 5.69 Å². The zero-order valence-corrected chi connectivity index (χ0v) is 19.3. The van der Waals surface area contributed by atoms with Crippen molar-refractivity contribution in [3.05, 3.63) is 92.0 Å². The molecule has 0 aromatic heterocycles. The maximum Gasteiger partial charge on any atom is 0.337 e. The minimum Gasteiger partial charge on any atom is -0.463 e. The minimum atomic E-state index is -0.862. The molecular weight excluding hydrogens is 452 g/mol. The van der Waals surface area contributed by atoms with E-state index in [2.05, 4.69) is 17.5 Å². The van der Waals surface area contributed by atoms with Gasteiger partial charge in [-0.3, -0.25) is 10.1 Å². The van der Waals surface area contributed by atoms with E-state index in [0.717, 1.165) is 0 Å². The molecule has 172 valence electrons. The summed E-state index contributed by atoms with van der Waals surface area (Å²) in [6.45, 7) is 1.82. The van der Waals surface area contributed by atoms with Crippen LogP contribution >= 0.6 is 11.8 Å². The van der Waals surface area contributed by atoms with E-state index in [1.807, 2.05) is 30.3 Å². The number of nitrogens with one attached hydrogen (secondary N) is 1. The Morgan fingerprint density at radius 2 is 1.97 bits per heavy atom. The summed E-state index contributed by atoms with van der Waals surface area (Å²) in [6.07, 6.45) is 1.01. The monoisotopic (exact) mass is 474 g/mol. The lowest BCUT2D eigenvalue weighted by atomic mass is 9.81. The van der Waals surface area contributed by atoms with Gasteiger partial charge >= 0.3 is 5.97 Å².